The first-order valence-corrected chi connectivity index (χ1v) is 10.8. The molecule has 0 fully saturated rings. The zero-order valence-corrected chi connectivity index (χ0v) is 18.7. The van der Waals surface area contributed by atoms with E-state index in [-0.39, 0.29) is 29.4 Å². The van der Waals surface area contributed by atoms with Gasteiger partial charge in [-0.15, -0.1) is 0 Å². The highest BCUT2D eigenvalue weighted by atomic mass is 16.5. The third-order valence-electron chi connectivity index (χ3n) is 5.98. The fraction of sp³-hybridized carbons (Fsp3) is 0.480. The van der Waals surface area contributed by atoms with Crippen LogP contribution in [0.2, 0.25) is 0 Å². The van der Waals surface area contributed by atoms with Crippen LogP contribution in [0.25, 0.3) is 11.0 Å². The lowest BCUT2D eigenvalue weighted by atomic mass is 9.76. The summed E-state index contributed by atoms with van der Waals surface area (Å²) in [5.41, 5.74) is 2.83. The number of rotatable bonds is 8. The molecule has 3 atom stereocenters. The van der Waals surface area contributed by atoms with Crippen LogP contribution in [0, 0.1) is 11.3 Å². The average molecular weight is 408 g/mol. The first-order chi connectivity index (χ1) is 14.3. The van der Waals surface area contributed by atoms with Gasteiger partial charge in [0.25, 0.3) is 0 Å². The summed E-state index contributed by atoms with van der Waals surface area (Å²) >= 11 is 0. The Bertz CT molecular complexity index is 926. The van der Waals surface area contributed by atoms with Crippen LogP contribution in [0.15, 0.2) is 54.6 Å². The summed E-state index contributed by atoms with van der Waals surface area (Å²) < 4.78 is 6.12. The largest absolute Gasteiger partial charge is 0.460 e. The molecule has 2 aromatic carbocycles. The van der Waals surface area contributed by atoms with Crippen LogP contribution in [0.3, 0.4) is 0 Å². The Morgan fingerprint density at radius 2 is 1.57 bits per heavy atom. The number of benzene rings is 2. The van der Waals surface area contributed by atoms with E-state index in [1.54, 1.807) is 4.80 Å². The third-order valence-corrected chi connectivity index (χ3v) is 5.98. The van der Waals surface area contributed by atoms with Crippen LogP contribution in [0.4, 0.5) is 0 Å². The fourth-order valence-electron chi connectivity index (χ4n) is 3.66. The predicted octanol–water partition coefficient (Wildman–Crippen LogP) is 5.61. The lowest BCUT2D eigenvalue weighted by molar-refractivity contribution is -0.158. The number of hydrogen-bond acceptors (Lipinski definition) is 4. The molecule has 5 nitrogen and oxygen atoms in total. The van der Waals surface area contributed by atoms with E-state index in [9.17, 15) is 4.79 Å². The van der Waals surface area contributed by atoms with Crippen LogP contribution in [0.5, 0.6) is 0 Å². The molecule has 0 aliphatic heterocycles. The second-order valence-electron chi connectivity index (χ2n) is 9.08. The molecule has 0 saturated heterocycles. The summed E-state index contributed by atoms with van der Waals surface area (Å²) in [6, 6.07) is 17.8. The maximum atomic E-state index is 12.8. The number of hydrogen-bond donors (Lipinski definition) is 0. The van der Waals surface area contributed by atoms with Gasteiger partial charge in [-0.1, -0.05) is 77.1 Å². The van der Waals surface area contributed by atoms with Crippen molar-refractivity contribution in [3.05, 3.63) is 60.2 Å². The standard InChI is InChI=1S/C25H33N3O2/c1-6-22(28-26-20-14-10-11-15-21(20)27-28)24(18(2)25(3,4)5)30-23(29)17-16-19-12-8-7-9-13-19/h7-15,18,22,24H,6,16-17H2,1-5H3. The summed E-state index contributed by atoms with van der Waals surface area (Å²) in [6.07, 6.45) is 1.51. The van der Waals surface area contributed by atoms with Crippen LogP contribution < -0.4 is 0 Å². The van der Waals surface area contributed by atoms with E-state index in [2.05, 4.69) is 44.8 Å². The molecule has 3 rings (SSSR count). The maximum absolute atomic E-state index is 12.8. The summed E-state index contributed by atoms with van der Waals surface area (Å²) in [7, 11) is 0. The van der Waals surface area contributed by atoms with E-state index in [0.717, 1.165) is 23.0 Å². The molecule has 0 amide bonds. The monoisotopic (exact) mass is 407 g/mol. The molecular weight excluding hydrogens is 374 g/mol. The zero-order valence-electron chi connectivity index (χ0n) is 18.7. The van der Waals surface area contributed by atoms with Gasteiger partial charge in [-0.05, 0) is 36.0 Å². The molecule has 3 aromatic rings. The predicted molar refractivity (Wildman–Crippen MR) is 120 cm³/mol. The van der Waals surface area contributed by atoms with Crippen molar-refractivity contribution in [1.29, 1.82) is 0 Å². The van der Waals surface area contributed by atoms with Crippen LogP contribution in [0.1, 0.15) is 59.1 Å². The Labute approximate surface area is 179 Å². The molecule has 0 N–H and O–H groups in total. The van der Waals surface area contributed by atoms with Gasteiger partial charge >= 0.3 is 5.97 Å². The first kappa shape index (κ1) is 22.0. The van der Waals surface area contributed by atoms with Gasteiger partial charge in [-0.3, -0.25) is 4.79 Å². The van der Waals surface area contributed by atoms with Crippen molar-refractivity contribution in [3.63, 3.8) is 0 Å². The number of nitrogens with zero attached hydrogens (tertiary/aromatic N) is 3. The van der Waals surface area contributed by atoms with Crippen LogP contribution in [-0.4, -0.2) is 27.1 Å². The van der Waals surface area contributed by atoms with Crippen molar-refractivity contribution in [2.75, 3.05) is 0 Å². The van der Waals surface area contributed by atoms with Crippen molar-refractivity contribution in [3.8, 4) is 0 Å². The molecule has 5 heteroatoms. The first-order valence-electron chi connectivity index (χ1n) is 10.8. The van der Waals surface area contributed by atoms with Gasteiger partial charge in [0, 0.05) is 12.3 Å². The molecule has 160 valence electrons. The Hall–Kier alpha value is -2.69. The molecule has 0 spiro atoms. The average Bonchev–Trinajstić information content (AvgIpc) is 3.15. The van der Waals surface area contributed by atoms with E-state index in [4.69, 9.17) is 4.74 Å². The van der Waals surface area contributed by atoms with Gasteiger partial charge < -0.3 is 4.74 Å². The highest BCUT2D eigenvalue weighted by Crippen LogP contribution is 2.36. The lowest BCUT2D eigenvalue weighted by Gasteiger charge is -2.37. The van der Waals surface area contributed by atoms with Gasteiger partial charge in [0.2, 0.25) is 0 Å². The van der Waals surface area contributed by atoms with Crippen molar-refractivity contribution >= 4 is 17.0 Å². The van der Waals surface area contributed by atoms with Crippen molar-refractivity contribution < 1.29 is 9.53 Å². The van der Waals surface area contributed by atoms with E-state index in [0.29, 0.717) is 12.8 Å². The van der Waals surface area contributed by atoms with Crippen molar-refractivity contribution in [2.45, 2.75) is 66.0 Å². The SMILES string of the molecule is CCC(C(OC(=O)CCc1ccccc1)C(C)C(C)(C)C)n1nc2ccccc2n1. The molecule has 1 heterocycles. The Kier molecular flexibility index (Phi) is 6.91. The topological polar surface area (TPSA) is 57.0 Å². The van der Waals surface area contributed by atoms with Gasteiger partial charge in [-0.25, -0.2) is 0 Å². The van der Waals surface area contributed by atoms with Crippen molar-refractivity contribution in [2.24, 2.45) is 11.3 Å². The van der Waals surface area contributed by atoms with Crippen molar-refractivity contribution in [1.82, 2.24) is 15.0 Å². The van der Waals surface area contributed by atoms with E-state index < -0.39 is 0 Å². The van der Waals surface area contributed by atoms with Gasteiger partial charge in [0.1, 0.15) is 23.2 Å². The normalized spacial score (nSPS) is 15.0. The summed E-state index contributed by atoms with van der Waals surface area (Å²) in [6.45, 7) is 10.8. The maximum Gasteiger partial charge on any atom is 0.306 e. The quantitative estimate of drug-likeness (QED) is 0.456. The van der Waals surface area contributed by atoms with Gasteiger partial charge in [0.05, 0.1) is 0 Å². The molecule has 0 aliphatic carbocycles. The number of aromatic nitrogens is 3. The minimum Gasteiger partial charge on any atom is -0.460 e. The number of carbonyl (C=O) groups excluding carboxylic acids is 1. The number of fused-ring (bicyclic) bond motifs is 1. The fourth-order valence-corrected chi connectivity index (χ4v) is 3.66. The van der Waals surface area contributed by atoms with Gasteiger partial charge in [-0.2, -0.15) is 15.0 Å². The van der Waals surface area contributed by atoms with E-state index >= 15 is 0 Å². The Morgan fingerprint density at radius 3 is 2.10 bits per heavy atom. The highest BCUT2D eigenvalue weighted by Gasteiger charge is 2.38. The smallest absolute Gasteiger partial charge is 0.306 e. The summed E-state index contributed by atoms with van der Waals surface area (Å²) in [4.78, 5) is 14.6. The Balaban J connectivity index is 1.82. The summed E-state index contributed by atoms with van der Waals surface area (Å²) in [5.74, 6) is -0.0349. The van der Waals surface area contributed by atoms with Crippen LogP contribution in [-0.2, 0) is 16.0 Å². The highest BCUT2D eigenvalue weighted by molar-refractivity contribution is 5.73. The molecular formula is C25H33N3O2. The second-order valence-corrected chi connectivity index (χ2v) is 9.08. The van der Waals surface area contributed by atoms with Crippen LogP contribution >= 0.6 is 0 Å². The third kappa shape index (κ3) is 5.26. The van der Waals surface area contributed by atoms with E-state index in [1.807, 2.05) is 54.6 Å². The minimum absolute atomic E-state index is 0.0234. The number of carbonyl (C=O) groups is 1. The molecule has 0 radical (unpaired) electrons. The number of ether oxygens (including phenoxy) is 1. The second kappa shape index (κ2) is 9.41. The molecule has 30 heavy (non-hydrogen) atoms. The molecule has 0 aliphatic rings. The van der Waals surface area contributed by atoms with E-state index in [1.165, 1.54) is 0 Å². The zero-order chi connectivity index (χ0) is 21.7. The minimum atomic E-state index is -0.305. The number of aryl methyl sites for hydroxylation is 1. The molecule has 3 unspecified atom stereocenters. The number of esters is 1. The lowest BCUT2D eigenvalue weighted by Crippen LogP contribution is -2.40. The Morgan fingerprint density at radius 1 is 1.00 bits per heavy atom. The molecule has 0 bridgehead atoms. The summed E-state index contributed by atoms with van der Waals surface area (Å²) in [5, 5.41) is 9.37. The molecule has 1 aromatic heterocycles. The molecule has 0 saturated carbocycles. The van der Waals surface area contributed by atoms with Gasteiger partial charge in [0.15, 0.2) is 0 Å².